The van der Waals surface area contributed by atoms with Crippen LogP contribution in [0.5, 0.6) is 0 Å². The molecule has 0 spiro atoms. The highest BCUT2D eigenvalue weighted by Gasteiger charge is 2.00. The molecule has 13 heavy (non-hydrogen) atoms. The van der Waals surface area contributed by atoms with E-state index in [2.05, 4.69) is 30.3 Å². The monoisotopic (exact) mass is 168 g/mol. The Bertz CT molecular complexity index is 563. The lowest BCUT2D eigenvalue weighted by Gasteiger charge is -1.97. The lowest BCUT2D eigenvalue weighted by atomic mass is 10.1. The van der Waals surface area contributed by atoms with Crippen molar-refractivity contribution in [1.29, 1.82) is 0 Å². The predicted molar refractivity (Wildman–Crippen MR) is 53.7 cm³/mol. The van der Waals surface area contributed by atoms with Crippen LogP contribution in [0.1, 0.15) is 0 Å². The highest BCUT2D eigenvalue weighted by Crippen LogP contribution is 2.25. The van der Waals surface area contributed by atoms with Crippen LogP contribution in [0.15, 0.2) is 53.1 Å². The zero-order valence-corrected chi connectivity index (χ0v) is 7.03. The molecule has 0 N–H and O–H groups in total. The van der Waals surface area contributed by atoms with E-state index in [9.17, 15) is 0 Å². The van der Waals surface area contributed by atoms with Gasteiger partial charge < -0.3 is 4.42 Å². The van der Waals surface area contributed by atoms with E-state index in [1.54, 1.807) is 6.26 Å². The van der Waals surface area contributed by atoms with E-state index < -0.39 is 0 Å². The van der Waals surface area contributed by atoms with Gasteiger partial charge in [-0.1, -0.05) is 30.3 Å². The van der Waals surface area contributed by atoms with Crippen LogP contribution in [-0.4, -0.2) is 0 Å². The summed E-state index contributed by atoms with van der Waals surface area (Å²) in [7, 11) is 0. The van der Waals surface area contributed by atoms with E-state index in [1.807, 2.05) is 12.1 Å². The molecule has 3 rings (SSSR count). The van der Waals surface area contributed by atoms with Crippen molar-refractivity contribution in [3.05, 3.63) is 48.7 Å². The van der Waals surface area contributed by atoms with Gasteiger partial charge in [0.1, 0.15) is 5.58 Å². The summed E-state index contributed by atoms with van der Waals surface area (Å²) in [5, 5.41) is 3.58. The van der Waals surface area contributed by atoms with Crippen LogP contribution in [0, 0.1) is 0 Å². The first-order valence-electron chi connectivity index (χ1n) is 4.30. The first-order valence-corrected chi connectivity index (χ1v) is 4.30. The molecule has 3 aromatic rings. The Balaban J connectivity index is 2.65. The highest BCUT2D eigenvalue weighted by molar-refractivity contribution is 6.04. The van der Waals surface area contributed by atoms with Crippen molar-refractivity contribution < 1.29 is 4.42 Å². The Labute approximate surface area is 75.6 Å². The molecular formula is C12H8O. The summed E-state index contributed by atoms with van der Waals surface area (Å²) in [6, 6.07) is 14.4. The van der Waals surface area contributed by atoms with Gasteiger partial charge in [0.2, 0.25) is 0 Å². The second-order valence-electron chi connectivity index (χ2n) is 3.13. The molecule has 0 saturated carbocycles. The van der Waals surface area contributed by atoms with Crippen LogP contribution < -0.4 is 0 Å². The molecule has 0 aliphatic rings. The van der Waals surface area contributed by atoms with Gasteiger partial charge in [-0.3, -0.25) is 0 Å². The fourth-order valence-electron chi connectivity index (χ4n) is 1.71. The van der Waals surface area contributed by atoms with Crippen LogP contribution in [0.3, 0.4) is 0 Å². The Morgan fingerprint density at radius 3 is 2.62 bits per heavy atom. The summed E-state index contributed by atoms with van der Waals surface area (Å²) in [5.74, 6) is 0. The van der Waals surface area contributed by atoms with Crippen molar-refractivity contribution in [1.82, 2.24) is 0 Å². The molecule has 0 fully saturated rings. The molecule has 0 atom stereocenters. The van der Waals surface area contributed by atoms with Crippen molar-refractivity contribution in [2.75, 3.05) is 0 Å². The fourth-order valence-corrected chi connectivity index (χ4v) is 1.71. The van der Waals surface area contributed by atoms with Gasteiger partial charge in [0.15, 0.2) is 0 Å². The maximum absolute atomic E-state index is 5.48. The summed E-state index contributed by atoms with van der Waals surface area (Å²) < 4.78 is 5.48. The Kier molecular flexibility index (Phi) is 1.22. The third-order valence-electron chi connectivity index (χ3n) is 2.34. The summed E-state index contributed by atoms with van der Waals surface area (Å²) in [6.07, 6.45) is 1.72. The van der Waals surface area contributed by atoms with Crippen LogP contribution in [-0.2, 0) is 0 Å². The van der Waals surface area contributed by atoms with Crippen LogP contribution >= 0.6 is 0 Å². The van der Waals surface area contributed by atoms with Crippen LogP contribution in [0.2, 0.25) is 0 Å². The molecule has 1 nitrogen and oxygen atoms in total. The van der Waals surface area contributed by atoms with Crippen molar-refractivity contribution in [3.8, 4) is 0 Å². The average Bonchev–Trinajstić information content (AvgIpc) is 2.65. The van der Waals surface area contributed by atoms with E-state index in [0.717, 1.165) is 11.0 Å². The predicted octanol–water partition coefficient (Wildman–Crippen LogP) is 3.59. The first-order chi connectivity index (χ1) is 6.45. The van der Waals surface area contributed by atoms with Gasteiger partial charge >= 0.3 is 0 Å². The molecule has 0 radical (unpaired) electrons. The quantitative estimate of drug-likeness (QED) is 0.500. The molecular weight excluding hydrogens is 160 g/mol. The summed E-state index contributed by atoms with van der Waals surface area (Å²) in [6.45, 7) is 0. The maximum atomic E-state index is 5.48. The topological polar surface area (TPSA) is 13.1 Å². The van der Waals surface area contributed by atoms with Crippen molar-refractivity contribution in [2.45, 2.75) is 0 Å². The van der Waals surface area contributed by atoms with Crippen LogP contribution in [0.4, 0.5) is 0 Å². The Morgan fingerprint density at radius 1 is 0.769 bits per heavy atom. The van der Waals surface area contributed by atoms with E-state index >= 15 is 0 Å². The molecule has 2 aromatic carbocycles. The molecule has 1 heterocycles. The van der Waals surface area contributed by atoms with E-state index in [1.165, 1.54) is 10.8 Å². The lowest BCUT2D eigenvalue weighted by Crippen LogP contribution is -1.71. The van der Waals surface area contributed by atoms with E-state index in [0.29, 0.717) is 0 Å². The molecule has 0 unspecified atom stereocenters. The SMILES string of the molecule is c1coc2c(c1)ccc1cccc12. The minimum absolute atomic E-state index is 0.977. The molecule has 0 aliphatic heterocycles. The van der Waals surface area contributed by atoms with Gasteiger partial charge in [-0.2, -0.15) is 0 Å². The molecule has 0 bridgehead atoms. The van der Waals surface area contributed by atoms with Gasteiger partial charge in [-0.25, -0.2) is 0 Å². The molecule has 1 aromatic heterocycles. The first kappa shape index (κ1) is 6.72. The number of benzene rings is 1. The van der Waals surface area contributed by atoms with Gasteiger partial charge in [-0.05, 0) is 17.5 Å². The van der Waals surface area contributed by atoms with Crippen LogP contribution in [0.25, 0.3) is 21.7 Å². The zero-order chi connectivity index (χ0) is 8.67. The minimum atomic E-state index is 0.977. The van der Waals surface area contributed by atoms with Gasteiger partial charge in [0, 0.05) is 10.8 Å². The molecule has 0 aliphatic carbocycles. The fraction of sp³-hybridized carbons (Fsp3) is 0. The summed E-state index contributed by atoms with van der Waals surface area (Å²) in [4.78, 5) is 0. The number of hydrogen-bond donors (Lipinski definition) is 0. The third kappa shape index (κ3) is 0.872. The summed E-state index contributed by atoms with van der Waals surface area (Å²) in [5.41, 5.74) is 0.977. The number of fused-ring (bicyclic) bond motifs is 3. The summed E-state index contributed by atoms with van der Waals surface area (Å²) >= 11 is 0. The normalized spacial score (nSPS) is 11.1. The molecule has 0 amide bonds. The highest BCUT2D eigenvalue weighted by atomic mass is 16.3. The van der Waals surface area contributed by atoms with Gasteiger partial charge in [-0.15, -0.1) is 0 Å². The smallest absolute Gasteiger partial charge is 0.141 e. The second kappa shape index (κ2) is 2.36. The Morgan fingerprint density at radius 2 is 1.62 bits per heavy atom. The van der Waals surface area contributed by atoms with Gasteiger partial charge in [0.05, 0.1) is 6.26 Å². The lowest BCUT2D eigenvalue weighted by molar-refractivity contribution is 0.607. The van der Waals surface area contributed by atoms with E-state index in [4.69, 9.17) is 4.42 Å². The molecule has 62 valence electrons. The minimum Gasteiger partial charge on any atom is -0.464 e. The van der Waals surface area contributed by atoms with Crippen molar-refractivity contribution in [3.63, 3.8) is 0 Å². The largest absolute Gasteiger partial charge is 0.464 e. The van der Waals surface area contributed by atoms with Gasteiger partial charge in [0.25, 0.3) is 0 Å². The standard InChI is InChI=1S/C12H8O/c1-3-9-6-7-10-4-2-8-13-12(10)11(9)5-1/h1-8H. The van der Waals surface area contributed by atoms with E-state index in [-0.39, 0.29) is 0 Å². The number of hydrogen-bond acceptors (Lipinski definition) is 1. The third-order valence-corrected chi connectivity index (χ3v) is 2.34. The maximum Gasteiger partial charge on any atom is 0.141 e. The van der Waals surface area contributed by atoms with Crippen molar-refractivity contribution in [2.24, 2.45) is 0 Å². The molecule has 0 saturated heterocycles. The van der Waals surface area contributed by atoms with Crippen molar-refractivity contribution >= 4 is 21.7 Å². The molecule has 1 heteroatoms. The zero-order valence-electron chi connectivity index (χ0n) is 7.03. The second-order valence-corrected chi connectivity index (χ2v) is 3.13. The number of rotatable bonds is 0. The average molecular weight is 168 g/mol. The Hall–Kier alpha value is -1.76.